The fourth-order valence-corrected chi connectivity index (χ4v) is 4.36. The van der Waals surface area contributed by atoms with Gasteiger partial charge >= 0.3 is 0 Å². The quantitative estimate of drug-likeness (QED) is 0.815. The van der Waals surface area contributed by atoms with Crippen LogP contribution in [0.25, 0.3) is 0 Å². The number of hydrogen-bond donors (Lipinski definition) is 0. The van der Waals surface area contributed by atoms with Gasteiger partial charge in [-0.3, -0.25) is 0 Å². The molecule has 27 heavy (non-hydrogen) atoms. The first-order valence-corrected chi connectivity index (χ1v) is 9.91. The monoisotopic (exact) mass is 366 g/mol. The van der Waals surface area contributed by atoms with Crippen LogP contribution in [0, 0.1) is 6.92 Å². The minimum atomic E-state index is -0.361. The summed E-state index contributed by atoms with van der Waals surface area (Å²) in [6.45, 7) is 7.12. The molecule has 1 aromatic heterocycles. The SMILES string of the molecule is Cc1cc(N2CCc3ccccc3C2)nc(N2CCC3(CC2)OCCO3)n1. The van der Waals surface area contributed by atoms with Crippen LogP contribution in [0.1, 0.15) is 29.7 Å². The van der Waals surface area contributed by atoms with Crippen LogP contribution < -0.4 is 9.80 Å². The van der Waals surface area contributed by atoms with Gasteiger partial charge in [0.05, 0.1) is 13.2 Å². The molecule has 0 saturated carbocycles. The van der Waals surface area contributed by atoms with Gasteiger partial charge in [-0.1, -0.05) is 24.3 Å². The molecule has 2 aromatic rings. The average Bonchev–Trinajstić information content (AvgIpc) is 3.15. The first-order chi connectivity index (χ1) is 13.2. The summed E-state index contributed by atoms with van der Waals surface area (Å²) in [6.07, 6.45) is 2.81. The highest BCUT2D eigenvalue weighted by atomic mass is 16.7. The van der Waals surface area contributed by atoms with E-state index in [-0.39, 0.29) is 5.79 Å². The zero-order valence-corrected chi connectivity index (χ0v) is 15.9. The van der Waals surface area contributed by atoms with Crippen molar-refractivity contribution in [2.45, 2.75) is 38.5 Å². The fourth-order valence-electron chi connectivity index (χ4n) is 4.36. The predicted molar refractivity (Wildman–Crippen MR) is 104 cm³/mol. The lowest BCUT2D eigenvalue weighted by molar-refractivity contribution is -0.169. The van der Waals surface area contributed by atoms with Crippen molar-refractivity contribution in [3.63, 3.8) is 0 Å². The molecule has 0 aliphatic carbocycles. The molecule has 0 radical (unpaired) electrons. The Bertz CT molecular complexity index is 825. The summed E-state index contributed by atoms with van der Waals surface area (Å²) in [5.41, 5.74) is 3.87. The summed E-state index contributed by atoms with van der Waals surface area (Å²) in [6, 6.07) is 10.8. The first kappa shape index (κ1) is 17.0. The Morgan fingerprint density at radius 3 is 2.44 bits per heavy atom. The molecule has 3 aliphatic heterocycles. The van der Waals surface area contributed by atoms with Crippen LogP contribution in [0.3, 0.4) is 0 Å². The van der Waals surface area contributed by atoms with Crippen molar-refractivity contribution in [2.75, 3.05) is 42.6 Å². The molecule has 0 bridgehead atoms. The molecular weight excluding hydrogens is 340 g/mol. The molecule has 5 rings (SSSR count). The van der Waals surface area contributed by atoms with Crippen molar-refractivity contribution in [3.8, 4) is 0 Å². The Morgan fingerprint density at radius 1 is 0.926 bits per heavy atom. The van der Waals surface area contributed by atoms with Crippen molar-refractivity contribution in [3.05, 3.63) is 47.2 Å². The number of piperidine rings is 1. The summed E-state index contributed by atoms with van der Waals surface area (Å²) >= 11 is 0. The second kappa shape index (κ2) is 6.77. The Morgan fingerprint density at radius 2 is 1.67 bits per heavy atom. The van der Waals surface area contributed by atoms with E-state index in [0.717, 1.165) is 62.9 Å². The van der Waals surface area contributed by atoms with Gasteiger partial charge in [0.25, 0.3) is 0 Å². The molecule has 142 valence electrons. The van der Waals surface area contributed by atoms with E-state index in [1.807, 2.05) is 0 Å². The number of nitrogens with zero attached hydrogens (tertiary/aromatic N) is 4. The van der Waals surface area contributed by atoms with Crippen LogP contribution in [-0.4, -0.2) is 48.6 Å². The molecule has 6 nitrogen and oxygen atoms in total. The summed E-state index contributed by atoms with van der Waals surface area (Å²) in [7, 11) is 0. The van der Waals surface area contributed by atoms with Gasteiger partial charge in [-0.25, -0.2) is 4.98 Å². The zero-order chi connectivity index (χ0) is 18.3. The second-order valence-electron chi connectivity index (χ2n) is 7.70. The van der Waals surface area contributed by atoms with E-state index in [9.17, 15) is 0 Å². The Hall–Kier alpha value is -2.18. The number of anilines is 2. The van der Waals surface area contributed by atoms with Crippen molar-refractivity contribution in [1.29, 1.82) is 0 Å². The number of ether oxygens (including phenoxy) is 2. The van der Waals surface area contributed by atoms with E-state index < -0.39 is 0 Å². The Labute approximate surface area is 160 Å². The van der Waals surface area contributed by atoms with Crippen molar-refractivity contribution >= 4 is 11.8 Å². The lowest BCUT2D eigenvalue weighted by Crippen LogP contribution is -2.45. The molecule has 0 unspecified atom stereocenters. The van der Waals surface area contributed by atoms with Gasteiger partial charge < -0.3 is 19.3 Å². The molecule has 0 N–H and O–H groups in total. The topological polar surface area (TPSA) is 50.7 Å². The second-order valence-corrected chi connectivity index (χ2v) is 7.70. The largest absolute Gasteiger partial charge is 0.352 e. The highest BCUT2D eigenvalue weighted by Crippen LogP contribution is 2.33. The molecule has 3 aliphatic rings. The van der Waals surface area contributed by atoms with Gasteiger partial charge in [0.1, 0.15) is 5.82 Å². The number of hydrogen-bond acceptors (Lipinski definition) is 6. The number of aromatic nitrogens is 2. The third-order valence-corrected chi connectivity index (χ3v) is 5.91. The van der Waals surface area contributed by atoms with Gasteiger partial charge in [-0.05, 0) is 24.5 Å². The van der Waals surface area contributed by atoms with E-state index in [1.54, 1.807) is 0 Å². The predicted octanol–water partition coefficient (Wildman–Crippen LogP) is 2.69. The van der Waals surface area contributed by atoms with Gasteiger partial charge in [-0.2, -0.15) is 4.98 Å². The Kier molecular flexibility index (Phi) is 4.25. The standard InChI is InChI=1S/C21H26N4O2/c1-16-14-19(25-9-6-17-4-2-3-5-18(17)15-25)23-20(22-16)24-10-7-21(8-11-24)26-12-13-27-21/h2-5,14H,6-13,15H2,1H3. The normalized spacial score (nSPS) is 21.5. The van der Waals surface area contributed by atoms with Crippen LogP contribution in [0.4, 0.5) is 11.8 Å². The molecule has 0 atom stereocenters. The van der Waals surface area contributed by atoms with E-state index >= 15 is 0 Å². The van der Waals surface area contributed by atoms with E-state index in [2.05, 4.69) is 47.1 Å². The lowest BCUT2D eigenvalue weighted by atomic mass is 10.00. The number of rotatable bonds is 2. The maximum Gasteiger partial charge on any atom is 0.227 e. The molecule has 0 amide bonds. The minimum absolute atomic E-state index is 0.361. The third kappa shape index (κ3) is 3.28. The number of aryl methyl sites for hydroxylation is 1. The van der Waals surface area contributed by atoms with E-state index in [0.29, 0.717) is 13.2 Å². The Balaban J connectivity index is 1.35. The van der Waals surface area contributed by atoms with E-state index in [1.165, 1.54) is 11.1 Å². The number of benzene rings is 1. The summed E-state index contributed by atoms with van der Waals surface area (Å²) in [4.78, 5) is 14.3. The molecular formula is C21H26N4O2. The zero-order valence-electron chi connectivity index (χ0n) is 15.9. The van der Waals surface area contributed by atoms with Gasteiger partial charge in [0.15, 0.2) is 5.79 Å². The summed E-state index contributed by atoms with van der Waals surface area (Å²) in [5, 5.41) is 0. The smallest absolute Gasteiger partial charge is 0.227 e. The summed E-state index contributed by atoms with van der Waals surface area (Å²) < 4.78 is 11.7. The van der Waals surface area contributed by atoms with Gasteiger partial charge in [0, 0.05) is 50.8 Å². The van der Waals surface area contributed by atoms with Crippen molar-refractivity contribution in [2.24, 2.45) is 0 Å². The molecule has 1 spiro atoms. The average molecular weight is 366 g/mol. The minimum Gasteiger partial charge on any atom is -0.352 e. The molecule has 2 saturated heterocycles. The lowest BCUT2D eigenvalue weighted by Gasteiger charge is -2.38. The maximum atomic E-state index is 5.84. The van der Waals surface area contributed by atoms with Gasteiger partial charge in [-0.15, -0.1) is 0 Å². The highest BCUT2D eigenvalue weighted by Gasteiger charge is 2.40. The van der Waals surface area contributed by atoms with Crippen molar-refractivity contribution < 1.29 is 9.47 Å². The van der Waals surface area contributed by atoms with Crippen LogP contribution in [0.5, 0.6) is 0 Å². The first-order valence-electron chi connectivity index (χ1n) is 9.91. The summed E-state index contributed by atoms with van der Waals surface area (Å²) in [5.74, 6) is 1.50. The van der Waals surface area contributed by atoms with Gasteiger partial charge in [0.2, 0.25) is 5.95 Å². The van der Waals surface area contributed by atoms with Crippen LogP contribution in [-0.2, 0) is 22.4 Å². The van der Waals surface area contributed by atoms with E-state index in [4.69, 9.17) is 19.4 Å². The fraction of sp³-hybridized carbons (Fsp3) is 0.524. The molecule has 4 heterocycles. The number of fused-ring (bicyclic) bond motifs is 1. The molecule has 2 fully saturated rings. The van der Waals surface area contributed by atoms with Crippen LogP contribution in [0.2, 0.25) is 0 Å². The third-order valence-electron chi connectivity index (χ3n) is 5.91. The molecule has 1 aromatic carbocycles. The van der Waals surface area contributed by atoms with Crippen molar-refractivity contribution in [1.82, 2.24) is 9.97 Å². The maximum absolute atomic E-state index is 5.84. The highest BCUT2D eigenvalue weighted by molar-refractivity contribution is 5.49. The van der Waals surface area contributed by atoms with Crippen LogP contribution in [0.15, 0.2) is 30.3 Å². The molecule has 6 heteroatoms. The van der Waals surface area contributed by atoms with Crippen LogP contribution >= 0.6 is 0 Å².